The summed E-state index contributed by atoms with van der Waals surface area (Å²) in [5.74, 6) is 0.413. The van der Waals surface area contributed by atoms with Gasteiger partial charge >= 0.3 is 0 Å². The molecule has 1 rings (SSSR count). The molecule has 0 unspecified atom stereocenters. The van der Waals surface area contributed by atoms with Crippen molar-refractivity contribution in [2.75, 3.05) is 19.7 Å². The summed E-state index contributed by atoms with van der Waals surface area (Å²) in [5.41, 5.74) is 0. The van der Waals surface area contributed by atoms with Gasteiger partial charge in [-0.1, -0.05) is 0 Å². The van der Waals surface area contributed by atoms with E-state index in [1.807, 2.05) is 0 Å². The molecule has 2 nitrogen and oxygen atoms in total. The van der Waals surface area contributed by atoms with E-state index in [1.165, 1.54) is 0 Å². The minimum atomic E-state index is 0.281. The standard InChI is InChI=1S/C6H12ClNO/c7-8-3-1-2-6(4-8)5-9/h6,9H,1-5H2/t6-/m1/s1. The molecule has 0 radical (unpaired) electrons. The van der Waals surface area contributed by atoms with E-state index in [4.69, 9.17) is 16.9 Å². The van der Waals surface area contributed by atoms with E-state index in [9.17, 15) is 0 Å². The summed E-state index contributed by atoms with van der Waals surface area (Å²) in [4.78, 5) is 0. The monoisotopic (exact) mass is 149 g/mol. The summed E-state index contributed by atoms with van der Waals surface area (Å²) in [6.45, 7) is 2.10. The second-order valence-corrected chi connectivity index (χ2v) is 3.04. The van der Waals surface area contributed by atoms with E-state index >= 15 is 0 Å². The maximum atomic E-state index is 8.72. The van der Waals surface area contributed by atoms with Crippen LogP contribution in [-0.4, -0.2) is 29.2 Å². The fraction of sp³-hybridized carbons (Fsp3) is 1.00. The van der Waals surface area contributed by atoms with Gasteiger partial charge in [-0.05, 0) is 30.5 Å². The van der Waals surface area contributed by atoms with E-state index in [2.05, 4.69) is 0 Å². The van der Waals surface area contributed by atoms with Crippen LogP contribution in [0.4, 0.5) is 0 Å². The Labute approximate surface area is 60.5 Å². The maximum Gasteiger partial charge on any atom is 0.0472 e. The summed E-state index contributed by atoms with van der Waals surface area (Å²) < 4.78 is 1.75. The van der Waals surface area contributed by atoms with Crippen molar-refractivity contribution in [2.45, 2.75) is 12.8 Å². The fourth-order valence-electron chi connectivity index (χ4n) is 1.16. The zero-order valence-corrected chi connectivity index (χ0v) is 6.14. The number of rotatable bonds is 1. The summed E-state index contributed by atoms with van der Waals surface area (Å²) in [7, 11) is 0. The average molecular weight is 150 g/mol. The fourth-order valence-corrected chi connectivity index (χ4v) is 1.48. The first-order valence-corrected chi connectivity index (χ1v) is 3.68. The molecule has 0 aromatic heterocycles. The van der Waals surface area contributed by atoms with Gasteiger partial charge in [-0.25, -0.2) is 4.42 Å². The predicted molar refractivity (Wildman–Crippen MR) is 37.2 cm³/mol. The molecule has 0 amide bonds. The molecule has 54 valence electrons. The molecule has 0 aromatic carbocycles. The molecule has 1 N–H and O–H groups in total. The maximum absolute atomic E-state index is 8.72. The topological polar surface area (TPSA) is 23.5 Å². The molecule has 1 aliphatic heterocycles. The molecule has 1 atom stereocenters. The van der Waals surface area contributed by atoms with Gasteiger partial charge < -0.3 is 5.11 Å². The van der Waals surface area contributed by atoms with Crippen molar-refractivity contribution >= 4 is 11.8 Å². The lowest BCUT2D eigenvalue weighted by Crippen LogP contribution is -2.30. The Kier molecular flexibility index (Phi) is 2.76. The molecular formula is C6H12ClNO. The highest BCUT2D eigenvalue weighted by Gasteiger charge is 2.16. The summed E-state index contributed by atoms with van der Waals surface area (Å²) >= 11 is 5.71. The van der Waals surface area contributed by atoms with Gasteiger partial charge in [0.2, 0.25) is 0 Å². The molecule has 1 heterocycles. The highest BCUT2D eigenvalue weighted by Crippen LogP contribution is 2.16. The van der Waals surface area contributed by atoms with Crippen LogP contribution in [0.15, 0.2) is 0 Å². The molecule has 0 saturated carbocycles. The quantitative estimate of drug-likeness (QED) is 0.559. The van der Waals surface area contributed by atoms with Gasteiger partial charge in [-0.15, -0.1) is 0 Å². The van der Waals surface area contributed by atoms with Crippen molar-refractivity contribution in [1.82, 2.24) is 4.42 Å². The molecule has 3 heteroatoms. The SMILES string of the molecule is OC[C@@H]1CCCN(Cl)C1. The van der Waals surface area contributed by atoms with Crippen molar-refractivity contribution in [1.29, 1.82) is 0 Å². The molecule has 1 aliphatic rings. The molecule has 9 heavy (non-hydrogen) atoms. The molecule has 1 saturated heterocycles. The minimum absolute atomic E-state index is 0.281. The van der Waals surface area contributed by atoms with E-state index in [0.29, 0.717) is 5.92 Å². The second kappa shape index (κ2) is 3.40. The first kappa shape index (κ1) is 7.32. The van der Waals surface area contributed by atoms with E-state index in [1.54, 1.807) is 4.42 Å². The number of nitrogens with zero attached hydrogens (tertiary/aromatic N) is 1. The number of aliphatic hydroxyl groups excluding tert-OH is 1. The molecular weight excluding hydrogens is 138 g/mol. The van der Waals surface area contributed by atoms with Crippen LogP contribution in [0.2, 0.25) is 0 Å². The van der Waals surface area contributed by atoms with E-state index < -0.39 is 0 Å². The van der Waals surface area contributed by atoms with Crippen LogP contribution in [-0.2, 0) is 0 Å². The first-order valence-electron chi connectivity index (χ1n) is 3.34. The van der Waals surface area contributed by atoms with Crippen LogP contribution in [0.25, 0.3) is 0 Å². The Hall–Kier alpha value is 0.210. The highest BCUT2D eigenvalue weighted by atomic mass is 35.5. The largest absolute Gasteiger partial charge is 0.396 e. The molecule has 0 bridgehead atoms. The zero-order valence-electron chi connectivity index (χ0n) is 5.39. The molecule has 0 aromatic rings. The lowest BCUT2D eigenvalue weighted by molar-refractivity contribution is 0.167. The molecule has 0 spiro atoms. The van der Waals surface area contributed by atoms with Crippen molar-refractivity contribution in [3.05, 3.63) is 0 Å². The van der Waals surface area contributed by atoms with Crippen LogP contribution in [0.5, 0.6) is 0 Å². The van der Waals surface area contributed by atoms with Gasteiger partial charge in [0.1, 0.15) is 0 Å². The van der Waals surface area contributed by atoms with Crippen LogP contribution < -0.4 is 0 Å². The smallest absolute Gasteiger partial charge is 0.0472 e. The van der Waals surface area contributed by atoms with E-state index in [0.717, 1.165) is 25.9 Å². The van der Waals surface area contributed by atoms with Crippen LogP contribution in [0.1, 0.15) is 12.8 Å². The summed E-state index contributed by atoms with van der Waals surface area (Å²) in [6, 6.07) is 0. The van der Waals surface area contributed by atoms with Crippen molar-refractivity contribution in [2.24, 2.45) is 5.92 Å². The average Bonchev–Trinajstić information content (AvgIpc) is 1.88. The van der Waals surface area contributed by atoms with Crippen LogP contribution in [0, 0.1) is 5.92 Å². The van der Waals surface area contributed by atoms with Gasteiger partial charge in [0.25, 0.3) is 0 Å². The minimum Gasteiger partial charge on any atom is -0.396 e. The van der Waals surface area contributed by atoms with Crippen LogP contribution >= 0.6 is 11.8 Å². The van der Waals surface area contributed by atoms with Crippen molar-refractivity contribution in [3.63, 3.8) is 0 Å². The van der Waals surface area contributed by atoms with Gasteiger partial charge in [-0.2, -0.15) is 0 Å². The third-order valence-electron chi connectivity index (χ3n) is 1.73. The second-order valence-electron chi connectivity index (χ2n) is 2.56. The number of halogens is 1. The Morgan fingerprint density at radius 3 is 2.89 bits per heavy atom. The van der Waals surface area contributed by atoms with Gasteiger partial charge in [-0.3, -0.25) is 0 Å². The third kappa shape index (κ3) is 2.12. The van der Waals surface area contributed by atoms with Crippen molar-refractivity contribution in [3.8, 4) is 0 Å². The Balaban J connectivity index is 2.23. The Bertz CT molecular complexity index is 89.1. The van der Waals surface area contributed by atoms with E-state index in [-0.39, 0.29) is 6.61 Å². The molecule has 0 aliphatic carbocycles. The first-order chi connectivity index (χ1) is 4.33. The number of hydrogen-bond donors (Lipinski definition) is 1. The predicted octanol–water partition coefficient (Wildman–Crippen LogP) is 0.845. The number of piperidine rings is 1. The zero-order chi connectivity index (χ0) is 6.69. The molecule has 1 fully saturated rings. The third-order valence-corrected chi connectivity index (χ3v) is 2.03. The summed E-state index contributed by atoms with van der Waals surface area (Å²) in [6.07, 6.45) is 2.24. The highest BCUT2D eigenvalue weighted by molar-refractivity contribution is 6.13. The lowest BCUT2D eigenvalue weighted by Gasteiger charge is -2.25. The van der Waals surface area contributed by atoms with Gasteiger partial charge in [0.15, 0.2) is 0 Å². The lowest BCUT2D eigenvalue weighted by atomic mass is 10.0. The van der Waals surface area contributed by atoms with Gasteiger partial charge in [0.05, 0.1) is 0 Å². The number of hydrogen-bond acceptors (Lipinski definition) is 2. The Morgan fingerprint density at radius 1 is 1.67 bits per heavy atom. The van der Waals surface area contributed by atoms with Crippen LogP contribution in [0.3, 0.4) is 0 Å². The van der Waals surface area contributed by atoms with Gasteiger partial charge in [0, 0.05) is 19.7 Å². The normalized spacial score (nSPS) is 30.7. The summed E-state index contributed by atoms with van der Waals surface area (Å²) in [5, 5.41) is 8.72. The Morgan fingerprint density at radius 2 is 2.44 bits per heavy atom. The number of aliphatic hydroxyl groups is 1. The van der Waals surface area contributed by atoms with Crippen molar-refractivity contribution < 1.29 is 5.11 Å².